The maximum atomic E-state index is 4.54. The van der Waals surface area contributed by atoms with Gasteiger partial charge in [0.05, 0.1) is 12.2 Å². The molecule has 0 aliphatic heterocycles. The third-order valence-electron chi connectivity index (χ3n) is 4.34. The summed E-state index contributed by atoms with van der Waals surface area (Å²) in [7, 11) is 0. The van der Waals surface area contributed by atoms with Gasteiger partial charge in [0.15, 0.2) is 0 Å². The molecule has 0 unspecified atom stereocenters. The minimum atomic E-state index is 0.578. The van der Waals surface area contributed by atoms with Gasteiger partial charge in [-0.25, -0.2) is 4.98 Å². The second kappa shape index (κ2) is 6.74. The minimum absolute atomic E-state index is 0.578. The second-order valence-electron chi connectivity index (χ2n) is 5.82. The number of nitrogens with one attached hydrogen (secondary N) is 1. The summed E-state index contributed by atoms with van der Waals surface area (Å²) in [5.41, 5.74) is 2.46. The highest BCUT2D eigenvalue weighted by Gasteiger charge is 2.15. The van der Waals surface area contributed by atoms with E-state index in [2.05, 4.69) is 32.8 Å². The molecule has 2 aromatic rings. The lowest BCUT2D eigenvalue weighted by molar-refractivity contribution is 0.459. The van der Waals surface area contributed by atoms with Crippen molar-refractivity contribution in [2.75, 3.05) is 5.32 Å². The van der Waals surface area contributed by atoms with E-state index in [0.29, 0.717) is 6.04 Å². The molecule has 0 saturated heterocycles. The molecule has 1 aliphatic carbocycles. The van der Waals surface area contributed by atoms with Crippen molar-refractivity contribution >= 4 is 5.95 Å². The van der Waals surface area contributed by atoms with Crippen LogP contribution < -0.4 is 5.32 Å². The lowest BCUT2D eigenvalue weighted by Crippen LogP contribution is -2.24. The summed E-state index contributed by atoms with van der Waals surface area (Å²) in [4.78, 5) is 9.02. The Labute approximate surface area is 126 Å². The average molecular weight is 284 g/mol. The van der Waals surface area contributed by atoms with Crippen molar-refractivity contribution in [2.45, 2.75) is 58.0 Å². The zero-order valence-electron chi connectivity index (χ0n) is 12.8. The minimum Gasteiger partial charge on any atom is -0.353 e. The maximum absolute atomic E-state index is 4.54. The van der Waals surface area contributed by atoms with E-state index in [4.69, 9.17) is 0 Å². The molecule has 0 atom stereocenters. The molecular formula is C17H24N4. The van der Waals surface area contributed by atoms with Crippen LogP contribution in [0.1, 0.15) is 50.3 Å². The lowest BCUT2D eigenvalue weighted by Gasteiger charge is -2.23. The third kappa shape index (κ3) is 3.43. The third-order valence-corrected chi connectivity index (χ3v) is 4.34. The number of pyridine rings is 1. The molecule has 3 rings (SSSR count). The lowest BCUT2D eigenvalue weighted by atomic mass is 9.96. The maximum Gasteiger partial charge on any atom is 0.203 e. The Morgan fingerprint density at radius 2 is 2.05 bits per heavy atom. The topological polar surface area (TPSA) is 42.7 Å². The van der Waals surface area contributed by atoms with E-state index in [0.717, 1.165) is 24.6 Å². The monoisotopic (exact) mass is 284 g/mol. The number of nitrogens with zero attached hydrogens (tertiary/aromatic N) is 3. The number of hydrogen-bond donors (Lipinski definition) is 1. The van der Waals surface area contributed by atoms with E-state index in [9.17, 15) is 0 Å². The summed E-state index contributed by atoms with van der Waals surface area (Å²) >= 11 is 0. The van der Waals surface area contributed by atoms with Gasteiger partial charge >= 0.3 is 0 Å². The van der Waals surface area contributed by atoms with Crippen LogP contribution in [0, 0.1) is 0 Å². The first-order valence-electron chi connectivity index (χ1n) is 8.07. The molecule has 0 amide bonds. The molecule has 4 heteroatoms. The summed E-state index contributed by atoms with van der Waals surface area (Å²) in [6.07, 6.45) is 13.4. The Morgan fingerprint density at radius 3 is 2.86 bits per heavy atom. The Hall–Kier alpha value is -1.84. The quantitative estimate of drug-likeness (QED) is 0.911. The van der Waals surface area contributed by atoms with Crippen LogP contribution in [0.15, 0.2) is 30.7 Å². The average Bonchev–Trinajstić information content (AvgIpc) is 2.96. The van der Waals surface area contributed by atoms with Crippen molar-refractivity contribution in [3.63, 3.8) is 0 Å². The predicted molar refractivity (Wildman–Crippen MR) is 85.4 cm³/mol. The molecule has 1 fully saturated rings. The molecule has 1 aliphatic rings. The van der Waals surface area contributed by atoms with E-state index in [1.54, 1.807) is 0 Å². The number of aryl methyl sites for hydroxylation is 1. The van der Waals surface area contributed by atoms with Crippen molar-refractivity contribution in [1.82, 2.24) is 14.5 Å². The van der Waals surface area contributed by atoms with Crippen LogP contribution >= 0.6 is 0 Å². The van der Waals surface area contributed by atoms with Crippen LogP contribution in [0.2, 0.25) is 0 Å². The Kier molecular flexibility index (Phi) is 4.53. The Morgan fingerprint density at radius 1 is 1.19 bits per heavy atom. The molecule has 112 valence electrons. The van der Waals surface area contributed by atoms with E-state index < -0.39 is 0 Å². The molecule has 0 aromatic carbocycles. The largest absolute Gasteiger partial charge is 0.353 e. The Balaban J connectivity index is 1.72. The van der Waals surface area contributed by atoms with Crippen LogP contribution in [-0.2, 0) is 13.0 Å². The van der Waals surface area contributed by atoms with E-state index in [1.807, 2.05) is 24.7 Å². The molecule has 0 radical (unpaired) electrons. The number of aromatic nitrogens is 3. The predicted octanol–water partition coefficient (Wildman–Crippen LogP) is 3.63. The van der Waals surface area contributed by atoms with Gasteiger partial charge in [0.2, 0.25) is 5.95 Å². The highest BCUT2D eigenvalue weighted by atomic mass is 15.2. The molecule has 0 spiro atoms. The van der Waals surface area contributed by atoms with Gasteiger partial charge in [-0.3, -0.25) is 4.98 Å². The van der Waals surface area contributed by atoms with Crippen molar-refractivity contribution in [1.29, 1.82) is 0 Å². The zero-order valence-corrected chi connectivity index (χ0v) is 12.8. The highest BCUT2D eigenvalue weighted by Crippen LogP contribution is 2.21. The van der Waals surface area contributed by atoms with Crippen LogP contribution in [0.4, 0.5) is 5.95 Å². The second-order valence-corrected chi connectivity index (χ2v) is 5.82. The number of anilines is 1. The van der Waals surface area contributed by atoms with Crippen LogP contribution in [0.25, 0.3) is 0 Å². The molecule has 21 heavy (non-hydrogen) atoms. The van der Waals surface area contributed by atoms with Crippen LogP contribution in [0.3, 0.4) is 0 Å². The fourth-order valence-corrected chi connectivity index (χ4v) is 3.10. The summed E-state index contributed by atoms with van der Waals surface area (Å²) in [5, 5.41) is 3.61. The smallest absolute Gasteiger partial charge is 0.203 e. The Bertz CT molecular complexity index is 570. The van der Waals surface area contributed by atoms with E-state index >= 15 is 0 Å². The first-order valence-corrected chi connectivity index (χ1v) is 8.07. The zero-order chi connectivity index (χ0) is 14.5. The van der Waals surface area contributed by atoms with Crippen LogP contribution in [0.5, 0.6) is 0 Å². The van der Waals surface area contributed by atoms with Crippen molar-refractivity contribution < 1.29 is 0 Å². The first-order chi connectivity index (χ1) is 10.4. The van der Waals surface area contributed by atoms with Crippen molar-refractivity contribution in [3.8, 4) is 0 Å². The molecule has 0 bridgehead atoms. The van der Waals surface area contributed by atoms with Gasteiger partial charge in [0, 0.05) is 24.6 Å². The molecular weight excluding hydrogens is 260 g/mol. The molecule has 1 N–H and O–H groups in total. The molecule has 4 nitrogen and oxygen atoms in total. The van der Waals surface area contributed by atoms with Gasteiger partial charge < -0.3 is 9.88 Å². The highest BCUT2D eigenvalue weighted by molar-refractivity contribution is 5.30. The molecule has 2 heterocycles. The van der Waals surface area contributed by atoms with Gasteiger partial charge in [0.25, 0.3) is 0 Å². The first kappa shape index (κ1) is 14.1. The normalized spacial score (nSPS) is 16.0. The van der Waals surface area contributed by atoms with Crippen molar-refractivity contribution in [2.24, 2.45) is 0 Å². The summed E-state index contributed by atoms with van der Waals surface area (Å²) in [6.45, 7) is 2.97. The number of hydrogen-bond acceptors (Lipinski definition) is 3. The standard InChI is InChI=1S/C17H24N4/c1-2-14-7-6-10-18-16(14)13-21-12-11-19-17(21)20-15-8-4-3-5-9-15/h6-7,10-12,15H,2-5,8-9,13H2,1H3,(H,19,20). The SMILES string of the molecule is CCc1cccnc1Cn1ccnc1NC1CCCCC1. The number of imidazole rings is 1. The van der Waals surface area contributed by atoms with Crippen LogP contribution in [-0.4, -0.2) is 20.6 Å². The van der Waals surface area contributed by atoms with E-state index in [1.165, 1.54) is 37.7 Å². The van der Waals surface area contributed by atoms with Crippen molar-refractivity contribution in [3.05, 3.63) is 42.0 Å². The van der Waals surface area contributed by atoms with Gasteiger partial charge in [-0.2, -0.15) is 0 Å². The summed E-state index contributed by atoms with van der Waals surface area (Å²) < 4.78 is 2.18. The van der Waals surface area contributed by atoms with E-state index in [-0.39, 0.29) is 0 Å². The molecule has 1 saturated carbocycles. The number of rotatable bonds is 5. The molecule has 2 aromatic heterocycles. The summed E-state index contributed by atoms with van der Waals surface area (Å²) in [6, 6.07) is 4.75. The van der Waals surface area contributed by atoms with Gasteiger partial charge in [0.1, 0.15) is 0 Å². The van der Waals surface area contributed by atoms with Gasteiger partial charge in [-0.05, 0) is 30.9 Å². The summed E-state index contributed by atoms with van der Waals surface area (Å²) in [5.74, 6) is 0.981. The van der Waals surface area contributed by atoms with Gasteiger partial charge in [-0.15, -0.1) is 0 Å². The fraction of sp³-hybridized carbons (Fsp3) is 0.529. The fourth-order valence-electron chi connectivity index (χ4n) is 3.10. The van der Waals surface area contributed by atoms with Gasteiger partial charge in [-0.1, -0.05) is 32.3 Å².